The molecule has 2 N–H and O–H groups in total. The monoisotopic (exact) mass is 308 g/mol. The lowest BCUT2D eigenvalue weighted by atomic mass is 10.4. The fourth-order valence-corrected chi connectivity index (χ4v) is 1.54. The summed E-state index contributed by atoms with van der Waals surface area (Å²) in [6.45, 7) is -1.18. The number of halogens is 3. The Balaban J connectivity index is 2.27. The second kappa shape index (κ2) is 5.13. The van der Waals surface area contributed by atoms with Crippen LogP contribution in [0.25, 0.3) is 5.65 Å². The average Bonchev–Trinajstić information content (AvgIpc) is 2.75. The lowest BCUT2D eigenvalue weighted by Crippen LogP contribution is -2.32. The van der Waals surface area contributed by atoms with Gasteiger partial charge in [0.1, 0.15) is 17.0 Å². The number of nitrogens with two attached hydrogens (primary N) is 1. The molecule has 12 heteroatoms. The molecule has 0 spiro atoms. The summed E-state index contributed by atoms with van der Waals surface area (Å²) in [4.78, 5) is 15.6. The molecule has 0 aliphatic rings. The SMILES string of the molecule is NC(=S)c1ncn2c(=O)n(CCOC(F)(F)F)nnc12. The van der Waals surface area contributed by atoms with E-state index in [1.165, 1.54) is 0 Å². The highest BCUT2D eigenvalue weighted by molar-refractivity contribution is 7.80. The molecule has 0 aliphatic heterocycles. The Bertz CT molecular complexity index is 708. The Morgan fingerprint density at radius 1 is 1.50 bits per heavy atom. The number of nitrogens with zero attached hydrogens (tertiary/aromatic N) is 5. The molecule has 2 aromatic heterocycles. The molecule has 0 unspecified atom stereocenters. The smallest absolute Gasteiger partial charge is 0.388 e. The van der Waals surface area contributed by atoms with E-state index in [9.17, 15) is 18.0 Å². The van der Waals surface area contributed by atoms with Crippen molar-refractivity contribution >= 4 is 22.9 Å². The van der Waals surface area contributed by atoms with E-state index in [1.807, 2.05) is 0 Å². The first-order valence-electron chi connectivity index (χ1n) is 5.11. The van der Waals surface area contributed by atoms with Crippen molar-refractivity contribution in [1.29, 1.82) is 0 Å². The van der Waals surface area contributed by atoms with Gasteiger partial charge in [0.2, 0.25) is 0 Å². The van der Waals surface area contributed by atoms with Gasteiger partial charge in [-0.25, -0.2) is 14.2 Å². The maximum absolute atomic E-state index is 11.9. The van der Waals surface area contributed by atoms with Gasteiger partial charge in [0, 0.05) is 0 Å². The van der Waals surface area contributed by atoms with Gasteiger partial charge in [-0.3, -0.25) is 4.74 Å². The Hall–Kier alpha value is -2.08. The zero-order valence-electron chi connectivity index (χ0n) is 9.66. The highest BCUT2D eigenvalue weighted by Gasteiger charge is 2.28. The van der Waals surface area contributed by atoms with E-state index >= 15 is 0 Å². The van der Waals surface area contributed by atoms with Gasteiger partial charge in [0.15, 0.2) is 5.65 Å². The second-order valence-electron chi connectivity index (χ2n) is 3.54. The van der Waals surface area contributed by atoms with Crippen LogP contribution in [0.1, 0.15) is 5.69 Å². The largest absolute Gasteiger partial charge is 0.522 e. The molecule has 0 bridgehead atoms. The summed E-state index contributed by atoms with van der Waals surface area (Å²) in [5, 5.41) is 7.12. The van der Waals surface area contributed by atoms with Crippen LogP contribution in [0.4, 0.5) is 13.2 Å². The summed E-state index contributed by atoms with van der Waals surface area (Å²) in [6, 6.07) is 0. The van der Waals surface area contributed by atoms with E-state index in [1.54, 1.807) is 0 Å². The van der Waals surface area contributed by atoms with Gasteiger partial charge >= 0.3 is 12.1 Å². The van der Waals surface area contributed by atoms with E-state index in [0.717, 1.165) is 10.7 Å². The van der Waals surface area contributed by atoms with Crippen LogP contribution in [0.3, 0.4) is 0 Å². The zero-order chi connectivity index (χ0) is 14.9. The highest BCUT2D eigenvalue weighted by atomic mass is 32.1. The van der Waals surface area contributed by atoms with E-state index < -0.39 is 25.2 Å². The highest BCUT2D eigenvalue weighted by Crippen LogP contribution is 2.15. The number of imidazole rings is 1. The molecule has 2 rings (SSSR count). The van der Waals surface area contributed by atoms with Gasteiger partial charge in [0.05, 0.1) is 13.2 Å². The fourth-order valence-electron chi connectivity index (χ4n) is 1.40. The minimum atomic E-state index is -4.77. The lowest BCUT2D eigenvalue weighted by Gasteiger charge is -2.07. The number of ether oxygens (including phenoxy) is 1. The summed E-state index contributed by atoms with van der Waals surface area (Å²) < 4.78 is 40.7. The molecule has 0 atom stereocenters. The third kappa shape index (κ3) is 2.91. The van der Waals surface area contributed by atoms with E-state index in [0.29, 0.717) is 4.68 Å². The van der Waals surface area contributed by atoms with Crippen LogP contribution in [0.2, 0.25) is 0 Å². The molecular formula is C8H7F3N6O2S. The summed E-state index contributed by atoms with van der Waals surface area (Å²) in [5.74, 6) is 0. The maximum atomic E-state index is 11.9. The van der Waals surface area contributed by atoms with Gasteiger partial charge < -0.3 is 5.73 Å². The molecule has 0 saturated carbocycles. The first kappa shape index (κ1) is 14.3. The summed E-state index contributed by atoms with van der Waals surface area (Å²) in [5.41, 5.74) is 4.80. The van der Waals surface area contributed by atoms with Gasteiger partial charge in [-0.15, -0.1) is 18.3 Å². The molecule has 0 aliphatic carbocycles. The molecule has 2 heterocycles. The van der Waals surface area contributed by atoms with E-state index in [4.69, 9.17) is 18.0 Å². The molecule has 0 aromatic carbocycles. The average molecular weight is 308 g/mol. The summed E-state index contributed by atoms with van der Waals surface area (Å²) >= 11 is 4.71. The van der Waals surface area contributed by atoms with Crippen molar-refractivity contribution in [3.63, 3.8) is 0 Å². The number of thiocarbonyl (C=S) groups is 1. The van der Waals surface area contributed by atoms with Crippen molar-refractivity contribution < 1.29 is 17.9 Å². The summed E-state index contributed by atoms with van der Waals surface area (Å²) in [6.07, 6.45) is -3.66. The third-order valence-electron chi connectivity index (χ3n) is 2.22. The molecule has 0 amide bonds. The third-order valence-corrected chi connectivity index (χ3v) is 2.41. The Labute approximate surface area is 114 Å². The van der Waals surface area contributed by atoms with Crippen molar-refractivity contribution in [2.24, 2.45) is 5.73 Å². The van der Waals surface area contributed by atoms with Crippen LogP contribution < -0.4 is 11.4 Å². The molecule has 20 heavy (non-hydrogen) atoms. The lowest BCUT2D eigenvalue weighted by molar-refractivity contribution is -0.325. The molecule has 108 valence electrons. The van der Waals surface area contributed by atoms with Crippen molar-refractivity contribution in [3.05, 3.63) is 22.5 Å². The summed E-state index contributed by atoms with van der Waals surface area (Å²) in [7, 11) is 0. The van der Waals surface area contributed by atoms with E-state index in [-0.39, 0.29) is 16.3 Å². The van der Waals surface area contributed by atoms with Crippen LogP contribution in [-0.2, 0) is 11.3 Å². The molecule has 0 fully saturated rings. The predicted molar refractivity (Wildman–Crippen MR) is 62.9 cm³/mol. The normalized spacial score (nSPS) is 11.9. The van der Waals surface area contributed by atoms with Crippen LogP contribution in [0, 0.1) is 0 Å². The quantitative estimate of drug-likeness (QED) is 0.757. The number of hydrogen-bond acceptors (Lipinski definition) is 6. The number of aromatic nitrogens is 5. The van der Waals surface area contributed by atoms with Crippen molar-refractivity contribution in [1.82, 2.24) is 24.4 Å². The topological polar surface area (TPSA) is 100 Å². The second-order valence-corrected chi connectivity index (χ2v) is 3.98. The van der Waals surface area contributed by atoms with Crippen molar-refractivity contribution in [3.8, 4) is 0 Å². The molecular weight excluding hydrogens is 301 g/mol. The van der Waals surface area contributed by atoms with E-state index in [2.05, 4.69) is 20.0 Å². The number of fused-ring (bicyclic) bond motifs is 1. The Morgan fingerprint density at radius 3 is 2.80 bits per heavy atom. The Morgan fingerprint density at radius 2 is 2.20 bits per heavy atom. The van der Waals surface area contributed by atoms with Crippen LogP contribution in [0.15, 0.2) is 11.1 Å². The maximum Gasteiger partial charge on any atom is 0.522 e. The first-order chi connectivity index (χ1) is 9.29. The Kier molecular flexibility index (Phi) is 3.67. The number of rotatable bonds is 4. The number of hydrogen-bond donors (Lipinski definition) is 1. The molecule has 8 nitrogen and oxygen atoms in total. The fraction of sp³-hybridized carbons (Fsp3) is 0.375. The molecule has 0 saturated heterocycles. The predicted octanol–water partition coefficient (Wildman–Crippen LogP) is -0.543. The standard InChI is InChI=1S/C8H7F3N6O2S/c9-8(10,11)19-2-1-17-7(18)16-3-13-4(5(12)20)6(16)14-15-17/h3H,1-2H2,(H2,12,20). The van der Waals surface area contributed by atoms with Crippen LogP contribution in [-0.4, -0.2) is 42.3 Å². The van der Waals surface area contributed by atoms with Gasteiger partial charge in [0.25, 0.3) is 0 Å². The van der Waals surface area contributed by atoms with Crippen LogP contribution >= 0.6 is 12.2 Å². The zero-order valence-corrected chi connectivity index (χ0v) is 10.5. The van der Waals surface area contributed by atoms with Crippen molar-refractivity contribution in [2.45, 2.75) is 12.9 Å². The van der Waals surface area contributed by atoms with Gasteiger partial charge in [-0.2, -0.15) is 4.68 Å². The molecule has 0 radical (unpaired) electrons. The minimum Gasteiger partial charge on any atom is -0.388 e. The van der Waals surface area contributed by atoms with Gasteiger partial charge in [-0.1, -0.05) is 17.4 Å². The molecule has 2 aromatic rings. The first-order valence-corrected chi connectivity index (χ1v) is 5.52. The van der Waals surface area contributed by atoms with Crippen molar-refractivity contribution in [2.75, 3.05) is 6.61 Å². The number of alkyl halides is 3. The van der Waals surface area contributed by atoms with Crippen LogP contribution in [0.5, 0.6) is 0 Å². The minimum absolute atomic E-state index is 0.0375. The van der Waals surface area contributed by atoms with Gasteiger partial charge in [-0.05, 0) is 0 Å².